The quantitative estimate of drug-likeness (QED) is 0.156. The minimum absolute atomic E-state index is 0.0177. The number of hydrogen-bond acceptors (Lipinski definition) is 0. The summed E-state index contributed by atoms with van der Waals surface area (Å²) in [6, 6.07) is 44.8. The molecule has 1 atom stereocenters. The molecule has 0 aromatic heterocycles. The van der Waals surface area contributed by atoms with Crippen LogP contribution >= 0.6 is 0 Å². The minimum Gasteiger partial charge on any atom is -0.0991 e. The second kappa shape index (κ2) is 14.5. The highest BCUT2D eigenvalue weighted by atomic mass is 14.5. The van der Waals surface area contributed by atoms with Crippen molar-refractivity contribution in [2.24, 2.45) is 16.7 Å². The summed E-state index contributed by atoms with van der Waals surface area (Å²) in [5.41, 5.74) is 16.9. The van der Waals surface area contributed by atoms with Crippen LogP contribution in [0.25, 0.3) is 44.2 Å². The Hall–Kier alpha value is -5.46. The first-order valence-electron chi connectivity index (χ1n) is 19.2. The molecule has 3 aliphatic carbocycles. The lowest BCUT2D eigenvalue weighted by Gasteiger charge is -2.44. The van der Waals surface area contributed by atoms with Crippen LogP contribution in [0.2, 0.25) is 0 Å². The summed E-state index contributed by atoms with van der Waals surface area (Å²) in [5.74, 6) is 0.833. The van der Waals surface area contributed by atoms with E-state index >= 15 is 0 Å². The van der Waals surface area contributed by atoms with Gasteiger partial charge in [-0.1, -0.05) is 207 Å². The minimum atomic E-state index is -0.235. The highest BCUT2D eigenvalue weighted by Crippen LogP contribution is 2.65. The molecule has 0 radical (unpaired) electrons. The van der Waals surface area contributed by atoms with E-state index in [1.54, 1.807) is 0 Å². The Labute approximate surface area is 318 Å². The first-order valence-corrected chi connectivity index (χ1v) is 19.2. The highest BCUT2D eigenvalue weighted by molar-refractivity contribution is 6.36. The number of allylic oxidation sites excluding steroid dienone is 13. The molecule has 0 bridgehead atoms. The molecule has 8 rings (SSSR count). The smallest absolute Gasteiger partial charge is 0.0228 e. The Morgan fingerprint density at radius 2 is 1.26 bits per heavy atom. The summed E-state index contributed by atoms with van der Waals surface area (Å²) in [5, 5.41) is 2.64. The van der Waals surface area contributed by atoms with Crippen LogP contribution in [0.5, 0.6) is 0 Å². The molecular weight excluding hydrogens is 637 g/mol. The number of hydrogen-bond donors (Lipinski definition) is 0. The Balaban J connectivity index is 0.00000104. The predicted molar refractivity (Wildman–Crippen MR) is 233 cm³/mol. The second-order valence-corrected chi connectivity index (χ2v) is 16.5. The summed E-state index contributed by atoms with van der Waals surface area (Å²) in [7, 11) is 0. The third-order valence-corrected chi connectivity index (χ3v) is 10.3. The predicted octanol–water partition coefficient (Wildman–Crippen LogP) is 14.9. The van der Waals surface area contributed by atoms with Gasteiger partial charge in [0.25, 0.3) is 0 Å². The maximum absolute atomic E-state index is 3.98. The van der Waals surface area contributed by atoms with Crippen molar-refractivity contribution in [3.8, 4) is 0 Å². The molecule has 0 saturated heterocycles. The van der Waals surface area contributed by atoms with Crippen LogP contribution in [0.1, 0.15) is 88.3 Å². The van der Waals surface area contributed by atoms with Crippen LogP contribution in [0.15, 0.2) is 170 Å². The first kappa shape index (κ1) is 35.9. The van der Waals surface area contributed by atoms with E-state index < -0.39 is 0 Å². The number of benzene rings is 5. The fraction of sp³-hybridized carbons (Fsp3) is 0.208. The molecule has 0 saturated carbocycles. The van der Waals surface area contributed by atoms with Crippen LogP contribution in [0.3, 0.4) is 0 Å². The SMILES string of the molecule is C=C/C=C\C(=C/C(C)(C)C)c1ccc2c3c(cccc13)C1=C(c3ccccc3)C3=CC(c4ccccc4)=CCC3(C)C(c3ccccc3)=C12.CC(C)C. The van der Waals surface area contributed by atoms with Gasteiger partial charge in [0.05, 0.1) is 0 Å². The van der Waals surface area contributed by atoms with Crippen LogP contribution in [-0.4, -0.2) is 0 Å². The average molecular weight is 689 g/mol. The molecule has 5 aromatic rings. The molecule has 264 valence electrons. The van der Waals surface area contributed by atoms with E-state index in [1.807, 2.05) is 6.08 Å². The van der Waals surface area contributed by atoms with Gasteiger partial charge in [-0.25, -0.2) is 0 Å². The van der Waals surface area contributed by atoms with E-state index in [9.17, 15) is 0 Å². The van der Waals surface area contributed by atoms with Gasteiger partial charge in [-0.05, 0) is 107 Å². The molecule has 0 N–H and O–H groups in total. The maximum Gasteiger partial charge on any atom is 0.0228 e. The summed E-state index contributed by atoms with van der Waals surface area (Å²) < 4.78 is 0. The lowest BCUT2D eigenvalue weighted by Crippen LogP contribution is -2.28. The molecular formula is C53H52. The molecule has 53 heavy (non-hydrogen) atoms. The monoisotopic (exact) mass is 688 g/mol. The average Bonchev–Trinajstić information content (AvgIpc) is 3.47. The number of rotatable bonds is 6. The van der Waals surface area contributed by atoms with Gasteiger partial charge in [0.2, 0.25) is 0 Å². The largest absolute Gasteiger partial charge is 0.0991 e. The first-order chi connectivity index (χ1) is 25.5. The van der Waals surface area contributed by atoms with Crippen LogP contribution in [-0.2, 0) is 0 Å². The zero-order valence-corrected chi connectivity index (χ0v) is 32.5. The third-order valence-electron chi connectivity index (χ3n) is 10.3. The van der Waals surface area contributed by atoms with Crippen molar-refractivity contribution >= 4 is 44.2 Å². The zero-order valence-electron chi connectivity index (χ0n) is 32.5. The number of fused-ring (bicyclic) bond motifs is 4. The summed E-state index contributed by atoms with van der Waals surface area (Å²) in [4.78, 5) is 0. The fourth-order valence-corrected chi connectivity index (χ4v) is 8.31. The van der Waals surface area contributed by atoms with E-state index in [1.165, 1.54) is 83.2 Å². The topological polar surface area (TPSA) is 0 Å². The second-order valence-electron chi connectivity index (χ2n) is 16.5. The van der Waals surface area contributed by atoms with Gasteiger partial charge in [0.15, 0.2) is 0 Å². The van der Waals surface area contributed by atoms with Crippen molar-refractivity contribution in [2.45, 2.75) is 54.9 Å². The van der Waals surface area contributed by atoms with Gasteiger partial charge in [-0.2, -0.15) is 0 Å². The molecule has 0 heteroatoms. The molecule has 0 fully saturated rings. The van der Waals surface area contributed by atoms with Crippen LogP contribution in [0, 0.1) is 16.7 Å². The summed E-state index contributed by atoms with van der Waals surface area (Å²) in [6.07, 6.45) is 14.4. The van der Waals surface area contributed by atoms with Crippen LogP contribution in [0.4, 0.5) is 0 Å². The van der Waals surface area contributed by atoms with Crippen LogP contribution < -0.4 is 0 Å². The fourth-order valence-electron chi connectivity index (χ4n) is 8.31. The Kier molecular flexibility index (Phi) is 9.84. The van der Waals surface area contributed by atoms with Crippen molar-refractivity contribution in [1.29, 1.82) is 0 Å². The van der Waals surface area contributed by atoms with Crippen molar-refractivity contribution in [1.82, 2.24) is 0 Å². The van der Waals surface area contributed by atoms with Crippen molar-refractivity contribution in [2.75, 3.05) is 0 Å². The molecule has 0 amide bonds. The normalized spacial score (nSPS) is 18.1. The molecule has 0 nitrogen and oxygen atoms in total. The lowest BCUT2D eigenvalue weighted by atomic mass is 9.59. The van der Waals surface area contributed by atoms with E-state index in [2.05, 4.69) is 207 Å². The van der Waals surface area contributed by atoms with E-state index in [0.29, 0.717) is 0 Å². The molecule has 0 heterocycles. The van der Waals surface area contributed by atoms with E-state index in [-0.39, 0.29) is 10.8 Å². The van der Waals surface area contributed by atoms with E-state index in [0.717, 1.165) is 12.3 Å². The lowest BCUT2D eigenvalue weighted by molar-refractivity contribution is 0.546. The molecule has 3 aliphatic rings. The van der Waals surface area contributed by atoms with Gasteiger partial charge in [-0.3, -0.25) is 0 Å². The molecule has 0 aliphatic heterocycles. The third kappa shape index (κ3) is 6.80. The molecule has 0 spiro atoms. The van der Waals surface area contributed by atoms with Gasteiger partial charge in [-0.15, -0.1) is 0 Å². The van der Waals surface area contributed by atoms with Gasteiger partial charge in [0, 0.05) is 5.41 Å². The molecule has 5 aromatic carbocycles. The molecule has 1 unspecified atom stereocenters. The Morgan fingerprint density at radius 1 is 0.679 bits per heavy atom. The summed E-state index contributed by atoms with van der Waals surface area (Å²) in [6.45, 7) is 19.8. The Morgan fingerprint density at radius 3 is 1.87 bits per heavy atom. The van der Waals surface area contributed by atoms with Crippen molar-refractivity contribution in [3.05, 3.63) is 203 Å². The van der Waals surface area contributed by atoms with Crippen molar-refractivity contribution in [3.63, 3.8) is 0 Å². The van der Waals surface area contributed by atoms with E-state index in [4.69, 9.17) is 0 Å². The van der Waals surface area contributed by atoms with Gasteiger partial charge >= 0.3 is 0 Å². The summed E-state index contributed by atoms with van der Waals surface area (Å²) >= 11 is 0. The standard InChI is InChI=1S/C49H42.C4H10/c1-6-7-18-37(32-48(2,3)4)38-27-28-41-44-39(38)25-17-26-40(44)45-43(34-21-13-9-14-22-34)42-31-36(33-19-11-8-12-20-33)29-30-49(42,5)47(46(41)45)35-23-15-10-16-24-35;1-4(2)3/h6-29,31-32H,1,30H2,2-5H3;4H,1-3H3/b18-7-,37-32+;. The van der Waals surface area contributed by atoms with Crippen molar-refractivity contribution < 1.29 is 0 Å². The zero-order chi connectivity index (χ0) is 37.3. The van der Waals surface area contributed by atoms with Gasteiger partial charge in [0.1, 0.15) is 0 Å². The highest BCUT2D eigenvalue weighted by Gasteiger charge is 2.46. The van der Waals surface area contributed by atoms with Gasteiger partial charge < -0.3 is 0 Å². The maximum atomic E-state index is 3.98. The Bertz CT molecular complexity index is 2360.